The smallest absolute Gasteiger partial charge is 0.248 e. The van der Waals surface area contributed by atoms with Crippen molar-refractivity contribution in [2.45, 2.75) is 73.0 Å². The largest absolute Gasteiger partial charge is 0.345 e. The van der Waals surface area contributed by atoms with Gasteiger partial charge < -0.3 is 26.1 Å². The minimum atomic E-state index is -0.929. The van der Waals surface area contributed by atoms with Crippen molar-refractivity contribution < 1.29 is 24.0 Å². The van der Waals surface area contributed by atoms with Crippen LogP contribution in [-0.4, -0.2) is 60.4 Å². The van der Waals surface area contributed by atoms with Gasteiger partial charge in [-0.25, -0.2) is 0 Å². The average Bonchev–Trinajstić information content (AvgIpc) is 2.68. The SMILES string of the molecule is CC(=O)NC1=NCCC(C(=O)NC(C(=O)NC(C)C(=O)NC(C=O)C(C)C)C(C)(C)C)=C1. The van der Waals surface area contributed by atoms with E-state index in [-0.39, 0.29) is 11.8 Å². The van der Waals surface area contributed by atoms with E-state index >= 15 is 0 Å². The Morgan fingerprint density at radius 2 is 1.66 bits per heavy atom. The van der Waals surface area contributed by atoms with E-state index in [4.69, 9.17) is 0 Å². The standard InChI is InChI=1S/C22H35N5O5/c1-12(2)16(11-28)26-19(30)13(3)24-21(32)18(22(5,6)7)27-20(31)15-8-9-23-17(10-15)25-14(4)29/h10-13,16,18H,8-9H2,1-7H3,(H,24,32)(H,26,30)(H,27,31)(H,23,25,29). The number of hydrogen-bond donors (Lipinski definition) is 4. The number of dihydropyridines is 1. The molecule has 1 aliphatic rings. The van der Waals surface area contributed by atoms with Gasteiger partial charge in [0.2, 0.25) is 23.6 Å². The van der Waals surface area contributed by atoms with Crippen LogP contribution in [0.25, 0.3) is 0 Å². The molecule has 4 N–H and O–H groups in total. The summed E-state index contributed by atoms with van der Waals surface area (Å²) in [7, 11) is 0. The monoisotopic (exact) mass is 449 g/mol. The Hall–Kier alpha value is -3.04. The third-order valence-electron chi connectivity index (χ3n) is 4.90. The van der Waals surface area contributed by atoms with Crippen molar-refractivity contribution in [1.29, 1.82) is 0 Å². The van der Waals surface area contributed by atoms with E-state index in [0.29, 0.717) is 30.7 Å². The fourth-order valence-electron chi connectivity index (χ4n) is 2.92. The summed E-state index contributed by atoms with van der Waals surface area (Å²) in [6.07, 6.45) is 2.51. The Morgan fingerprint density at radius 1 is 1.03 bits per heavy atom. The van der Waals surface area contributed by atoms with Gasteiger partial charge in [-0.15, -0.1) is 0 Å². The maximum absolute atomic E-state index is 12.9. The lowest BCUT2D eigenvalue weighted by atomic mass is 9.85. The van der Waals surface area contributed by atoms with Crippen molar-refractivity contribution in [3.8, 4) is 0 Å². The zero-order valence-corrected chi connectivity index (χ0v) is 19.9. The molecular formula is C22H35N5O5. The Labute approximate surface area is 189 Å². The minimum absolute atomic E-state index is 0.0874. The number of amidine groups is 1. The molecule has 0 aromatic heterocycles. The van der Waals surface area contributed by atoms with E-state index in [0.717, 1.165) is 0 Å². The van der Waals surface area contributed by atoms with Crippen LogP contribution in [0, 0.1) is 11.3 Å². The zero-order chi connectivity index (χ0) is 24.6. The molecule has 3 unspecified atom stereocenters. The first-order valence-corrected chi connectivity index (χ1v) is 10.7. The van der Waals surface area contributed by atoms with Gasteiger partial charge in [-0.3, -0.25) is 24.2 Å². The van der Waals surface area contributed by atoms with Gasteiger partial charge in [0.25, 0.3) is 0 Å². The molecule has 0 spiro atoms. The Bertz CT molecular complexity index is 810. The number of carbonyl (C=O) groups excluding carboxylic acids is 5. The summed E-state index contributed by atoms with van der Waals surface area (Å²) in [5, 5.41) is 10.5. The molecule has 1 rings (SSSR count). The number of nitrogens with one attached hydrogen (secondary N) is 4. The normalized spacial score (nSPS) is 16.6. The molecule has 32 heavy (non-hydrogen) atoms. The highest BCUT2D eigenvalue weighted by atomic mass is 16.2. The predicted molar refractivity (Wildman–Crippen MR) is 121 cm³/mol. The van der Waals surface area contributed by atoms with E-state index in [2.05, 4.69) is 26.3 Å². The third-order valence-corrected chi connectivity index (χ3v) is 4.90. The van der Waals surface area contributed by atoms with E-state index in [1.54, 1.807) is 34.6 Å². The van der Waals surface area contributed by atoms with E-state index in [1.165, 1.54) is 19.9 Å². The molecule has 0 radical (unpaired) electrons. The highest BCUT2D eigenvalue weighted by Gasteiger charge is 2.35. The van der Waals surface area contributed by atoms with Gasteiger partial charge in [-0.05, 0) is 30.8 Å². The van der Waals surface area contributed by atoms with E-state index < -0.39 is 41.3 Å². The van der Waals surface area contributed by atoms with Crippen LogP contribution in [0.15, 0.2) is 16.6 Å². The summed E-state index contributed by atoms with van der Waals surface area (Å²) in [5.74, 6) is -1.55. The van der Waals surface area contributed by atoms with Crippen molar-refractivity contribution in [3.63, 3.8) is 0 Å². The number of carbonyl (C=O) groups is 5. The Morgan fingerprint density at radius 3 is 2.16 bits per heavy atom. The highest BCUT2D eigenvalue weighted by Crippen LogP contribution is 2.21. The van der Waals surface area contributed by atoms with Gasteiger partial charge in [0.1, 0.15) is 24.2 Å². The minimum Gasteiger partial charge on any atom is -0.345 e. The molecule has 4 amide bonds. The number of rotatable bonds is 8. The Balaban J connectivity index is 2.89. The molecule has 0 aromatic carbocycles. The summed E-state index contributed by atoms with van der Waals surface area (Å²) >= 11 is 0. The molecule has 1 heterocycles. The molecule has 1 aliphatic heterocycles. The lowest BCUT2D eigenvalue weighted by Crippen LogP contribution is -2.58. The molecule has 10 heteroatoms. The molecule has 0 aliphatic carbocycles. The molecular weight excluding hydrogens is 414 g/mol. The van der Waals surface area contributed by atoms with Crippen LogP contribution in [0.3, 0.4) is 0 Å². The summed E-state index contributed by atoms with van der Waals surface area (Å²) in [6, 6.07) is -2.49. The van der Waals surface area contributed by atoms with Gasteiger partial charge in [0, 0.05) is 19.0 Å². The van der Waals surface area contributed by atoms with Crippen molar-refractivity contribution in [2.75, 3.05) is 6.54 Å². The summed E-state index contributed by atoms with van der Waals surface area (Å²) < 4.78 is 0. The summed E-state index contributed by atoms with van der Waals surface area (Å²) in [6.45, 7) is 12.2. The topological polar surface area (TPSA) is 146 Å². The van der Waals surface area contributed by atoms with Crippen LogP contribution in [-0.2, 0) is 24.0 Å². The molecule has 178 valence electrons. The van der Waals surface area contributed by atoms with Crippen LogP contribution in [0.2, 0.25) is 0 Å². The first kappa shape index (κ1) is 27.0. The second kappa shape index (κ2) is 11.5. The molecule has 0 bridgehead atoms. The zero-order valence-electron chi connectivity index (χ0n) is 19.9. The van der Waals surface area contributed by atoms with Crippen LogP contribution >= 0.6 is 0 Å². The Kier molecular flexibility index (Phi) is 9.74. The van der Waals surface area contributed by atoms with Gasteiger partial charge in [-0.2, -0.15) is 0 Å². The van der Waals surface area contributed by atoms with Crippen molar-refractivity contribution in [3.05, 3.63) is 11.6 Å². The lowest BCUT2D eigenvalue weighted by Gasteiger charge is -2.32. The fraction of sp³-hybridized carbons (Fsp3) is 0.636. The number of amides is 4. The molecule has 10 nitrogen and oxygen atoms in total. The van der Waals surface area contributed by atoms with Crippen LogP contribution in [0.5, 0.6) is 0 Å². The lowest BCUT2D eigenvalue weighted by molar-refractivity contribution is -0.133. The summed E-state index contributed by atoms with van der Waals surface area (Å²) in [4.78, 5) is 64.7. The first-order valence-electron chi connectivity index (χ1n) is 10.7. The number of aliphatic imine (C=N–C) groups is 1. The molecule has 0 aromatic rings. The molecule has 0 saturated carbocycles. The van der Waals surface area contributed by atoms with E-state index in [9.17, 15) is 24.0 Å². The second-order valence-corrected chi connectivity index (χ2v) is 9.28. The predicted octanol–water partition coefficient (Wildman–Crippen LogP) is 0.226. The third kappa shape index (κ3) is 8.24. The van der Waals surface area contributed by atoms with Crippen molar-refractivity contribution in [2.24, 2.45) is 16.3 Å². The number of aldehydes is 1. The van der Waals surface area contributed by atoms with Crippen LogP contribution in [0.1, 0.15) is 54.9 Å². The van der Waals surface area contributed by atoms with E-state index in [1.807, 2.05) is 0 Å². The first-order chi connectivity index (χ1) is 14.8. The van der Waals surface area contributed by atoms with Gasteiger partial charge in [0.15, 0.2) is 0 Å². The number of hydrogen-bond acceptors (Lipinski definition) is 6. The second-order valence-electron chi connectivity index (χ2n) is 9.28. The maximum atomic E-state index is 12.9. The maximum Gasteiger partial charge on any atom is 0.248 e. The van der Waals surface area contributed by atoms with Gasteiger partial charge in [-0.1, -0.05) is 34.6 Å². The fourth-order valence-corrected chi connectivity index (χ4v) is 2.92. The molecule has 0 saturated heterocycles. The molecule has 0 fully saturated rings. The number of nitrogens with zero attached hydrogens (tertiary/aromatic N) is 1. The van der Waals surface area contributed by atoms with Gasteiger partial charge in [0.05, 0.1) is 6.04 Å². The molecule has 3 atom stereocenters. The van der Waals surface area contributed by atoms with Crippen molar-refractivity contribution in [1.82, 2.24) is 21.3 Å². The van der Waals surface area contributed by atoms with Crippen molar-refractivity contribution >= 4 is 35.8 Å². The average molecular weight is 450 g/mol. The van der Waals surface area contributed by atoms with Crippen LogP contribution < -0.4 is 21.3 Å². The van der Waals surface area contributed by atoms with Gasteiger partial charge >= 0.3 is 0 Å². The highest BCUT2D eigenvalue weighted by molar-refractivity contribution is 6.09. The summed E-state index contributed by atoms with van der Waals surface area (Å²) in [5.41, 5.74) is -0.259. The quantitative estimate of drug-likeness (QED) is 0.392. The van der Waals surface area contributed by atoms with Crippen LogP contribution in [0.4, 0.5) is 0 Å².